The van der Waals surface area contributed by atoms with Gasteiger partial charge in [-0.25, -0.2) is 0 Å². The molecule has 1 heterocycles. The molecular weight excluding hydrogens is 186 g/mol. The van der Waals surface area contributed by atoms with Gasteiger partial charge in [-0.05, 0) is 50.6 Å². The first-order valence-electron chi connectivity index (χ1n) is 5.34. The zero-order valence-electron chi connectivity index (χ0n) is 9.50. The molecule has 0 aliphatic carbocycles. The van der Waals surface area contributed by atoms with Crippen LogP contribution in [0.2, 0.25) is 0 Å². The predicted molar refractivity (Wildman–Crippen MR) is 63.2 cm³/mol. The van der Waals surface area contributed by atoms with Crippen LogP contribution in [0, 0.1) is 6.92 Å². The molecule has 2 aromatic rings. The van der Waals surface area contributed by atoms with Gasteiger partial charge in [-0.15, -0.1) is 0 Å². The second kappa shape index (κ2) is 4.07. The first-order chi connectivity index (χ1) is 7.20. The van der Waals surface area contributed by atoms with Gasteiger partial charge in [0.25, 0.3) is 0 Å². The van der Waals surface area contributed by atoms with E-state index in [1.54, 1.807) is 0 Å². The molecule has 0 bridgehead atoms. The Kier molecular flexibility index (Phi) is 2.78. The second-order valence-corrected chi connectivity index (χ2v) is 4.14. The number of nitrogens with one attached hydrogen (secondary N) is 1. The zero-order valence-corrected chi connectivity index (χ0v) is 9.50. The third kappa shape index (κ3) is 2.05. The fourth-order valence-electron chi connectivity index (χ4n) is 1.79. The van der Waals surface area contributed by atoms with E-state index < -0.39 is 0 Å². The molecule has 1 N–H and O–H groups in total. The summed E-state index contributed by atoms with van der Waals surface area (Å²) >= 11 is 0. The lowest BCUT2D eigenvalue weighted by molar-refractivity contribution is 0.606. The molecule has 0 saturated carbocycles. The van der Waals surface area contributed by atoms with E-state index in [-0.39, 0.29) is 0 Å². The van der Waals surface area contributed by atoms with Crippen LogP contribution in [0.15, 0.2) is 28.9 Å². The molecule has 0 spiro atoms. The van der Waals surface area contributed by atoms with Gasteiger partial charge in [-0.3, -0.25) is 0 Å². The maximum Gasteiger partial charge on any atom is 0.134 e. The van der Waals surface area contributed by atoms with E-state index in [0.717, 1.165) is 12.0 Å². The molecule has 0 aliphatic heterocycles. The van der Waals surface area contributed by atoms with Crippen LogP contribution in [0.5, 0.6) is 0 Å². The molecule has 0 amide bonds. The van der Waals surface area contributed by atoms with Gasteiger partial charge in [0.2, 0.25) is 0 Å². The first kappa shape index (κ1) is 10.2. The maximum atomic E-state index is 5.42. The Morgan fingerprint density at radius 1 is 1.40 bits per heavy atom. The quantitative estimate of drug-likeness (QED) is 0.829. The van der Waals surface area contributed by atoms with Crippen molar-refractivity contribution in [2.45, 2.75) is 26.3 Å². The van der Waals surface area contributed by atoms with Gasteiger partial charge in [0, 0.05) is 11.4 Å². The summed E-state index contributed by atoms with van der Waals surface area (Å²) in [6.45, 7) is 4.27. The van der Waals surface area contributed by atoms with Crippen molar-refractivity contribution in [1.29, 1.82) is 0 Å². The minimum atomic E-state index is 0.509. The Balaban J connectivity index is 2.33. The van der Waals surface area contributed by atoms with Crippen molar-refractivity contribution in [3.05, 3.63) is 35.6 Å². The molecule has 2 nitrogen and oxygen atoms in total. The normalized spacial score (nSPS) is 13.3. The standard InChI is InChI=1S/C13H17NO/c1-9-8-15-13-5-4-11(7-12(9)13)6-10(2)14-3/h4-5,7-8,10,14H,6H2,1-3H3. The van der Waals surface area contributed by atoms with E-state index in [2.05, 4.69) is 37.4 Å². The van der Waals surface area contributed by atoms with Crippen molar-refractivity contribution >= 4 is 11.0 Å². The Bertz CT molecular complexity index is 459. The van der Waals surface area contributed by atoms with Gasteiger partial charge < -0.3 is 9.73 Å². The van der Waals surface area contributed by atoms with Crippen molar-refractivity contribution in [2.24, 2.45) is 0 Å². The average molecular weight is 203 g/mol. The summed E-state index contributed by atoms with van der Waals surface area (Å²) in [6.07, 6.45) is 2.87. The minimum Gasteiger partial charge on any atom is -0.464 e. The molecule has 1 unspecified atom stereocenters. The number of rotatable bonds is 3. The van der Waals surface area contributed by atoms with Gasteiger partial charge in [0.1, 0.15) is 5.58 Å². The van der Waals surface area contributed by atoms with Crippen LogP contribution in [-0.4, -0.2) is 13.1 Å². The van der Waals surface area contributed by atoms with Crippen LogP contribution in [0.3, 0.4) is 0 Å². The van der Waals surface area contributed by atoms with E-state index in [4.69, 9.17) is 4.42 Å². The highest BCUT2D eigenvalue weighted by atomic mass is 16.3. The lowest BCUT2D eigenvalue weighted by Crippen LogP contribution is -2.23. The summed E-state index contributed by atoms with van der Waals surface area (Å²) in [5, 5.41) is 4.48. The summed E-state index contributed by atoms with van der Waals surface area (Å²) in [7, 11) is 1.99. The number of aryl methyl sites for hydroxylation is 1. The highest BCUT2D eigenvalue weighted by molar-refractivity contribution is 5.81. The summed E-state index contributed by atoms with van der Waals surface area (Å²) < 4.78 is 5.42. The molecule has 1 atom stereocenters. The lowest BCUT2D eigenvalue weighted by atomic mass is 10.0. The summed E-state index contributed by atoms with van der Waals surface area (Å²) in [6, 6.07) is 6.93. The van der Waals surface area contributed by atoms with Crippen molar-refractivity contribution in [1.82, 2.24) is 5.32 Å². The van der Waals surface area contributed by atoms with Gasteiger partial charge in [-0.2, -0.15) is 0 Å². The molecule has 80 valence electrons. The summed E-state index contributed by atoms with van der Waals surface area (Å²) in [5.41, 5.74) is 3.55. The molecule has 1 aromatic carbocycles. The summed E-state index contributed by atoms with van der Waals surface area (Å²) in [5.74, 6) is 0. The van der Waals surface area contributed by atoms with Crippen LogP contribution < -0.4 is 5.32 Å². The number of fused-ring (bicyclic) bond motifs is 1. The van der Waals surface area contributed by atoms with Crippen molar-refractivity contribution in [3.8, 4) is 0 Å². The number of likely N-dealkylation sites (N-methyl/N-ethyl adjacent to an activating group) is 1. The fraction of sp³-hybridized carbons (Fsp3) is 0.385. The van der Waals surface area contributed by atoms with Crippen LogP contribution in [-0.2, 0) is 6.42 Å². The summed E-state index contributed by atoms with van der Waals surface area (Å²) in [4.78, 5) is 0. The molecule has 0 saturated heterocycles. The van der Waals surface area contributed by atoms with Crippen molar-refractivity contribution in [2.75, 3.05) is 7.05 Å². The molecule has 2 heteroatoms. The van der Waals surface area contributed by atoms with Crippen molar-refractivity contribution < 1.29 is 4.42 Å². The monoisotopic (exact) mass is 203 g/mol. The molecule has 1 aromatic heterocycles. The molecule has 0 radical (unpaired) electrons. The van der Waals surface area contributed by atoms with E-state index in [0.29, 0.717) is 6.04 Å². The third-order valence-corrected chi connectivity index (χ3v) is 2.87. The van der Waals surface area contributed by atoms with Gasteiger partial charge >= 0.3 is 0 Å². The topological polar surface area (TPSA) is 25.2 Å². The van der Waals surface area contributed by atoms with Crippen molar-refractivity contribution in [3.63, 3.8) is 0 Å². The maximum absolute atomic E-state index is 5.42. The van der Waals surface area contributed by atoms with Crippen LogP contribution in [0.25, 0.3) is 11.0 Å². The van der Waals surface area contributed by atoms with Gasteiger partial charge in [0.05, 0.1) is 6.26 Å². The predicted octanol–water partition coefficient (Wildman–Crippen LogP) is 2.89. The number of hydrogen-bond donors (Lipinski definition) is 1. The Hall–Kier alpha value is -1.28. The number of benzene rings is 1. The fourth-order valence-corrected chi connectivity index (χ4v) is 1.79. The van der Waals surface area contributed by atoms with E-state index in [1.807, 2.05) is 13.3 Å². The number of hydrogen-bond acceptors (Lipinski definition) is 2. The Morgan fingerprint density at radius 3 is 2.93 bits per heavy atom. The van der Waals surface area contributed by atoms with E-state index in [1.165, 1.54) is 16.5 Å². The molecule has 0 fully saturated rings. The number of furan rings is 1. The molecule has 15 heavy (non-hydrogen) atoms. The minimum absolute atomic E-state index is 0.509. The second-order valence-electron chi connectivity index (χ2n) is 4.14. The molecule has 0 aliphatic rings. The average Bonchev–Trinajstić information content (AvgIpc) is 2.60. The lowest BCUT2D eigenvalue weighted by Gasteiger charge is -2.09. The largest absolute Gasteiger partial charge is 0.464 e. The molecule has 2 rings (SSSR count). The van der Waals surface area contributed by atoms with Gasteiger partial charge in [0.15, 0.2) is 0 Å². The Labute approximate surface area is 90.3 Å². The first-order valence-corrected chi connectivity index (χ1v) is 5.34. The highest BCUT2D eigenvalue weighted by Gasteiger charge is 2.05. The molecular formula is C13H17NO. The van der Waals surface area contributed by atoms with Gasteiger partial charge in [-0.1, -0.05) is 6.07 Å². The zero-order chi connectivity index (χ0) is 10.8. The van der Waals surface area contributed by atoms with E-state index >= 15 is 0 Å². The SMILES string of the molecule is CNC(C)Cc1ccc2occ(C)c2c1. The van der Waals surface area contributed by atoms with Crippen LogP contribution >= 0.6 is 0 Å². The van der Waals surface area contributed by atoms with Crippen LogP contribution in [0.4, 0.5) is 0 Å². The Morgan fingerprint density at radius 2 is 2.20 bits per heavy atom. The highest BCUT2D eigenvalue weighted by Crippen LogP contribution is 2.22. The van der Waals surface area contributed by atoms with E-state index in [9.17, 15) is 0 Å². The van der Waals surface area contributed by atoms with Crippen LogP contribution in [0.1, 0.15) is 18.1 Å². The smallest absolute Gasteiger partial charge is 0.134 e. The third-order valence-electron chi connectivity index (χ3n) is 2.87.